The summed E-state index contributed by atoms with van der Waals surface area (Å²) in [5, 5.41) is 16.8. The van der Waals surface area contributed by atoms with E-state index in [-0.39, 0.29) is 23.9 Å². The minimum Gasteiger partial charge on any atom is -0.393 e. The lowest BCUT2D eigenvalue weighted by Gasteiger charge is -2.43. The highest BCUT2D eigenvalue weighted by Gasteiger charge is 2.39. The van der Waals surface area contributed by atoms with Gasteiger partial charge in [-0.15, -0.1) is 0 Å². The van der Waals surface area contributed by atoms with Crippen molar-refractivity contribution in [3.05, 3.63) is 18.4 Å². The molecule has 0 amide bonds. The Morgan fingerprint density at radius 3 is 2.86 bits per heavy atom. The van der Waals surface area contributed by atoms with Crippen molar-refractivity contribution in [2.45, 2.75) is 51.3 Å². The van der Waals surface area contributed by atoms with E-state index in [0.717, 1.165) is 5.39 Å². The van der Waals surface area contributed by atoms with Crippen molar-refractivity contribution in [2.75, 3.05) is 10.6 Å². The largest absolute Gasteiger partial charge is 0.393 e. The molecule has 0 unspecified atom stereocenters. The zero-order chi connectivity index (χ0) is 15.9. The van der Waals surface area contributed by atoms with Crippen LogP contribution in [0.5, 0.6) is 0 Å². The smallest absolute Gasteiger partial charge is 0.223 e. The van der Waals surface area contributed by atoms with Crippen LogP contribution in [0.25, 0.3) is 10.9 Å². The van der Waals surface area contributed by atoms with Crippen molar-refractivity contribution in [2.24, 2.45) is 0 Å². The third-order valence-electron chi connectivity index (χ3n) is 3.65. The molecule has 6 nitrogen and oxygen atoms in total. The van der Waals surface area contributed by atoms with Gasteiger partial charge in [-0.1, -0.05) is 0 Å². The zero-order valence-electron chi connectivity index (χ0n) is 13.5. The average molecular weight is 288 g/mol. The quantitative estimate of drug-likeness (QED) is 0.800. The molecule has 21 heavy (non-hydrogen) atoms. The van der Waals surface area contributed by atoms with E-state index in [1.54, 1.807) is 12.3 Å². The molecule has 0 spiro atoms. The van der Waals surface area contributed by atoms with Crippen LogP contribution < -0.4 is 10.6 Å². The average Bonchev–Trinajstić information content (AvgIpc) is 2.37. The van der Waals surface area contributed by atoms with Crippen molar-refractivity contribution in [3.8, 4) is 0 Å². The van der Waals surface area contributed by atoms with Gasteiger partial charge < -0.3 is 15.7 Å². The van der Waals surface area contributed by atoms with Crippen molar-refractivity contribution in [3.63, 3.8) is 0 Å². The highest BCUT2D eigenvalue weighted by atomic mass is 16.3. The van der Waals surface area contributed by atoms with Gasteiger partial charge in [0.25, 0.3) is 0 Å². The second-order valence-corrected chi connectivity index (χ2v) is 6.28. The van der Waals surface area contributed by atoms with Crippen LogP contribution in [-0.4, -0.2) is 37.7 Å². The minimum atomic E-state index is -0.247. The Labute approximate surface area is 125 Å². The van der Waals surface area contributed by atoms with E-state index in [1.165, 1.54) is 0 Å². The number of anilines is 2. The summed E-state index contributed by atoms with van der Waals surface area (Å²) in [6, 6.07) is 1.85. The number of aromatic nitrogens is 3. The summed E-state index contributed by atoms with van der Waals surface area (Å²) < 4.78 is 7.77. The predicted octanol–water partition coefficient (Wildman–Crippen LogP) is 2.17. The van der Waals surface area contributed by atoms with E-state index in [4.69, 9.17) is 1.37 Å². The van der Waals surface area contributed by atoms with Crippen LogP contribution in [-0.2, 0) is 0 Å². The Hall–Kier alpha value is -1.95. The highest BCUT2D eigenvalue weighted by molar-refractivity contribution is 5.88. The van der Waals surface area contributed by atoms with Crippen LogP contribution in [0.3, 0.4) is 0 Å². The molecule has 3 rings (SSSR count). The third kappa shape index (κ3) is 2.90. The van der Waals surface area contributed by atoms with E-state index >= 15 is 0 Å². The van der Waals surface area contributed by atoms with E-state index < -0.39 is 0 Å². The molecule has 112 valence electrons. The summed E-state index contributed by atoms with van der Waals surface area (Å²) in [7, 11) is 0. The summed E-state index contributed by atoms with van der Waals surface area (Å²) in [5.41, 5.74) is 0.535. The van der Waals surface area contributed by atoms with Gasteiger partial charge in [0.1, 0.15) is 5.52 Å². The van der Waals surface area contributed by atoms with Gasteiger partial charge in [0, 0.05) is 29.3 Å². The molecular weight excluding hydrogens is 266 g/mol. The van der Waals surface area contributed by atoms with Crippen LogP contribution in [0, 0.1) is 0 Å². The number of hydrogen-bond donors (Lipinski definition) is 3. The van der Waals surface area contributed by atoms with Gasteiger partial charge in [-0.05, 0) is 39.7 Å². The normalized spacial score (nSPS) is 25.6. The monoisotopic (exact) mass is 288 g/mol. The number of nitrogens with zero attached hydrogens (tertiary/aromatic N) is 3. The second kappa shape index (κ2) is 5.11. The maximum atomic E-state index is 9.49. The summed E-state index contributed by atoms with van der Waals surface area (Å²) in [5.74, 6) is 1.12. The molecule has 1 aliphatic rings. The number of nitrogens with one attached hydrogen (secondary N) is 2. The van der Waals surface area contributed by atoms with Crippen molar-refractivity contribution >= 4 is 22.7 Å². The standard InChI is InChI=1S/C15H21N5O/c1-9(2)18-13-12-10(4-5-16-13)8-17-14(19-12)20-15(3)6-11(21)7-15/h4-5,8-9,11,21H,6-7H2,1-3H3,(H,16,18)(H,17,19,20)/i5D. The number of aliphatic hydroxyl groups is 1. The van der Waals surface area contributed by atoms with Gasteiger partial charge in [-0.2, -0.15) is 0 Å². The maximum absolute atomic E-state index is 9.49. The Morgan fingerprint density at radius 2 is 2.19 bits per heavy atom. The van der Waals surface area contributed by atoms with E-state index in [1.807, 2.05) is 20.8 Å². The van der Waals surface area contributed by atoms with Gasteiger partial charge >= 0.3 is 0 Å². The summed E-state index contributed by atoms with van der Waals surface area (Å²) in [4.78, 5) is 13.1. The number of fused-ring (bicyclic) bond motifs is 1. The molecule has 6 heteroatoms. The molecule has 3 N–H and O–H groups in total. The Kier molecular flexibility index (Phi) is 3.11. The first-order chi connectivity index (χ1) is 10.3. The predicted molar refractivity (Wildman–Crippen MR) is 83.4 cm³/mol. The SMILES string of the molecule is [2H]c1cc2cnc(NC3(C)CC(O)C3)nc2c(NC(C)C)n1. The fourth-order valence-corrected chi connectivity index (χ4v) is 2.69. The number of pyridine rings is 1. The Bertz CT molecular complexity index is 700. The highest BCUT2D eigenvalue weighted by Crippen LogP contribution is 2.34. The molecule has 1 fully saturated rings. The molecule has 2 heterocycles. The zero-order valence-corrected chi connectivity index (χ0v) is 12.5. The van der Waals surface area contributed by atoms with Gasteiger partial charge in [-0.3, -0.25) is 0 Å². The lowest BCUT2D eigenvalue weighted by Crippen LogP contribution is -2.50. The first-order valence-electron chi connectivity index (χ1n) is 7.72. The van der Waals surface area contributed by atoms with Gasteiger partial charge in [0.2, 0.25) is 5.95 Å². The molecule has 0 bridgehead atoms. The van der Waals surface area contributed by atoms with Gasteiger partial charge in [0.15, 0.2) is 5.82 Å². The fourth-order valence-electron chi connectivity index (χ4n) is 2.69. The van der Waals surface area contributed by atoms with Crippen LogP contribution in [0.15, 0.2) is 18.4 Å². The lowest BCUT2D eigenvalue weighted by atomic mass is 9.76. The number of aliphatic hydroxyl groups excluding tert-OH is 1. The fraction of sp³-hybridized carbons (Fsp3) is 0.533. The number of rotatable bonds is 4. The Morgan fingerprint density at radius 1 is 1.43 bits per heavy atom. The molecule has 0 aromatic carbocycles. The summed E-state index contributed by atoms with van der Waals surface area (Å²) >= 11 is 0. The van der Waals surface area contributed by atoms with Crippen LogP contribution in [0.4, 0.5) is 11.8 Å². The molecule has 0 radical (unpaired) electrons. The minimum absolute atomic E-state index is 0.165. The van der Waals surface area contributed by atoms with Gasteiger partial charge in [-0.25, -0.2) is 15.0 Å². The van der Waals surface area contributed by atoms with Crippen molar-refractivity contribution < 1.29 is 6.48 Å². The first-order valence-corrected chi connectivity index (χ1v) is 7.22. The molecule has 2 aromatic heterocycles. The first kappa shape index (κ1) is 12.8. The molecule has 0 aliphatic heterocycles. The number of hydrogen-bond acceptors (Lipinski definition) is 6. The molecule has 0 saturated heterocycles. The third-order valence-corrected chi connectivity index (χ3v) is 3.65. The van der Waals surface area contributed by atoms with Crippen molar-refractivity contribution in [1.29, 1.82) is 0 Å². The Balaban J connectivity index is 1.95. The van der Waals surface area contributed by atoms with Crippen molar-refractivity contribution in [1.82, 2.24) is 15.0 Å². The second-order valence-electron chi connectivity index (χ2n) is 6.28. The summed E-state index contributed by atoms with van der Waals surface area (Å²) in [6.45, 7) is 6.08. The maximum Gasteiger partial charge on any atom is 0.223 e. The van der Waals surface area contributed by atoms with Gasteiger partial charge in [0.05, 0.1) is 7.47 Å². The van der Waals surface area contributed by atoms with E-state index in [2.05, 4.69) is 25.6 Å². The lowest BCUT2D eigenvalue weighted by molar-refractivity contribution is 0.0419. The molecule has 2 aromatic rings. The van der Waals surface area contributed by atoms with Crippen LogP contribution in [0.1, 0.15) is 35.0 Å². The van der Waals surface area contributed by atoms with Crippen LogP contribution in [0.2, 0.25) is 0 Å². The molecular formula is C15H21N5O. The van der Waals surface area contributed by atoms with E-state index in [0.29, 0.717) is 30.1 Å². The summed E-state index contributed by atoms with van der Waals surface area (Å²) in [6.07, 6.45) is 3.02. The molecule has 0 atom stereocenters. The van der Waals surface area contributed by atoms with Crippen LogP contribution >= 0.6 is 0 Å². The topological polar surface area (TPSA) is 83.0 Å². The van der Waals surface area contributed by atoms with E-state index in [9.17, 15) is 5.11 Å². The molecule has 1 aliphatic carbocycles. The molecule has 1 saturated carbocycles.